The molecule has 0 saturated carbocycles. The molecule has 31 heavy (non-hydrogen) atoms. The first kappa shape index (κ1) is 20.4. The zero-order chi connectivity index (χ0) is 22.0. The quantitative estimate of drug-likeness (QED) is 0.596. The van der Waals surface area contributed by atoms with E-state index >= 15 is 0 Å². The molecule has 4 rings (SSSR count). The van der Waals surface area contributed by atoms with Gasteiger partial charge < -0.3 is 10.1 Å². The standard InChI is InChI=1S/C26H24N2O3/c1-17-13-14-20(18(2)15-17)23-24(27-21-11-7-8-12-22(21)31-3)26(30)28(25(23)29)16-19-9-5-4-6-10-19/h4-15,27H,16H2,1-3H3. The molecule has 0 aromatic heterocycles. The van der Waals surface area contributed by atoms with Crippen molar-refractivity contribution in [2.75, 3.05) is 12.4 Å². The number of aryl methyl sites for hydroxylation is 2. The molecule has 0 bridgehead atoms. The van der Waals surface area contributed by atoms with Gasteiger partial charge in [-0.05, 0) is 42.7 Å². The van der Waals surface area contributed by atoms with E-state index in [1.54, 1.807) is 7.11 Å². The molecule has 1 aliphatic rings. The number of nitrogens with zero attached hydrogens (tertiary/aromatic N) is 1. The van der Waals surface area contributed by atoms with Crippen LogP contribution in [0, 0.1) is 13.8 Å². The molecule has 3 aromatic carbocycles. The van der Waals surface area contributed by atoms with Crippen molar-refractivity contribution in [1.29, 1.82) is 0 Å². The van der Waals surface area contributed by atoms with Crippen LogP contribution in [-0.4, -0.2) is 23.8 Å². The molecule has 1 N–H and O–H groups in total. The number of amides is 2. The van der Waals surface area contributed by atoms with Crippen molar-refractivity contribution in [2.45, 2.75) is 20.4 Å². The highest BCUT2D eigenvalue weighted by molar-refractivity contribution is 6.36. The predicted octanol–water partition coefficient (Wildman–Crippen LogP) is 4.70. The van der Waals surface area contributed by atoms with Gasteiger partial charge in [-0.15, -0.1) is 0 Å². The molecule has 5 heteroatoms. The van der Waals surface area contributed by atoms with E-state index in [1.165, 1.54) is 4.90 Å². The van der Waals surface area contributed by atoms with Crippen LogP contribution in [-0.2, 0) is 16.1 Å². The second kappa shape index (κ2) is 8.48. The van der Waals surface area contributed by atoms with E-state index in [9.17, 15) is 9.59 Å². The minimum absolute atomic E-state index is 0.212. The number of methoxy groups -OCH3 is 1. The number of hydrogen-bond donors (Lipinski definition) is 1. The molecule has 0 atom stereocenters. The Morgan fingerprint density at radius 1 is 0.871 bits per heavy atom. The first-order valence-corrected chi connectivity index (χ1v) is 10.1. The largest absolute Gasteiger partial charge is 0.495 e. The van der Waals surface area contributed by atoms with E-state index < -0.39 is 0 Å². The van der Waals surface area contributed by atoms with Gasteiger partial charge in [-0.3, -0.25) is 14.5 Å². The fraction of sp³-hybridized carbons (Fsp3) is 0.154. The number of rotatable bonds is 6. The number of hydrogen-bond acceptors (Lipinski definition) is 4. The molecule has 2 amide bonds. The SMILES string of the molecule is COc1ccccc1NC1=C(c2ccc(C)cc2C)C(=O)N(Cc2ccccc2)C1=O. The van der Waals surface area contributed by atoms with Gasteiger partial charge in [-0.1, -0.05) is 66.2 Å². The predicted molar refractivity (Wildman–Crippen MR) is 121 cm³/mol. The van der Waals surface area contributed by atoms with Crippen molar-refractivity contribution in [2.24, 2.45) is 0 Å². The van der Waals surface area contributed by atoms with Gasteiger partial charge in [0.2, 0.25) is 0 Å². The number of carbonyl (C=O) groups is 2. The van der Waals surface area contributed by atoms with Crippen molar-refractivity contribution >= 4 is 23.1 Å². The molecule has 156 valence electrons. The molecule has 0 radical (unpaired) electrons. The van der Waals surface area contributed by atoms with Crippen molar-refractivity contribution in [1.82, 2.24) is 4.90 Å². The van der Waals surface area contributed by atoms with Crippen molar-refractivity contribution in [3.8, 4) is 5.75 Å². The first-order valence-electron chi connectivity index (χ1n) is 10.1. The van der Waals surface area contributed by atoms with Gasteiger partial charge in [0.05, 0.1) is 24.9 Å². The van der Waals surface area contributed by atoms with Crippen LogP contribution in [0.3, 0.4) is 0 Å². The molecule has 0 aliphatic carbocycles. The van der Waals surface area contributed by atoms with Crippen LogP contribution in [0.25, 0.3) is 5.57 Å². The highest BCUT2D eigenvalue weighted by Crippen LogP contribution is 2.35. The van der Waals surface area contributed by atoms with E-state index in [0.29, 0.717) is 17.0 Å². The van der Waals surface area contributed by atoms with Gasteiger partial charge in [0.15, 0.2) is 0 Å². The maximum atomic E-state index is 13.5. The summed E-state index contributed by atoms with van der Waals surface area (Å²) in [6, 6.07) is 22.7. The molecule has 5 nitrogen and oxygen atoms in total. The fourth-order valence-electron chi connectivity index (χ4n) is 3.83. The minimum Gasteiger partial charge on any atom is -0.495 e. The van der Waals surface area contributed by atoms with E-state index in [0.717, 1.165) is 22.3 Å². The summed E-state index contributed by atoms with van der Waals surface area (Å²) in [4.78, 5) is 28.2. The molecular formula is C26H24N2O3. The lowest BCUT2D eigenvalue weighted by Crippen LogP contribution is -2.32. The van der Waals surface area contributed by atoms with Crippen molar-refractivity contribution in [3.05, 3.63) is 101 Å². The summed E-state index contributed by atoms with van der Waals surface area (Å²) in [6.07, 6.45) is 0. The number of benzene rings is 3. The van der Waals surface area contributed by atoms with E-state index in [2.05, 4.69) is 5.32 Å². The summed E-state index contributed by atoms with van der Waals surface area (Å²) in [5.41, 5.74) is 4.95. The molecule has 0 unspecified atom stereocenters. The number of para-hydroxylation sites is 2. The third-order valence-corrected chi connectivity index (χ3v) is 5.37. The fourth-order valence-corrected chi connectivity index (χ4v) is 3.83. The molecule has 3 aromatic rings. The normalized spacial score (nSPS) is 13.7. The Hall–Kier alpha value is -3.86. The average Bonchev–Trinajstić information content (AvgIpc) is 2.99. The van der Waals surface area contributed by atoms with Crippen molar-refractivity contribution < 1.29 is 14.3 Å². The topological polar surface area (TPSA) is 58.6 Å². The van der Waals surface area contributed by atoms with Crippen LogP contribution in [0.2, 0.25) is 0 Å². The highest BCUT2D eigenvalue weighted by atomic mass is 16.5. The summed E-state index contributed by atoms with van der Waals surface area (Å²) < 4.78 is 5.43. The number of nitrogens with one attached hydrogen (secondary N) is 1. The molecule has 1 aliphatic heterocycles. The third kappa shape index (κ3) is 3.94. The number of imide groups is 1. The second-order valence-electron chi connectivity index (χ2n) is 7.58. The van der Waals surface area contributed by atoms with E-state index in [4.69, 9.17) is 4.74 Å². The van der Waals surface area contributed by atoms with E-state index in [-0.39, 0.29) is 24.1 Å². The Bertz CT molecular complexity index is 1180. The molecule has 0 saturated heterocycles. The Kier molecular flexibility index (Phi) is 5.58. The van der Waals surface area contributed by atoms with Crippen LogP contribution >= 0.6 is 0 Å². The summed E-state index contributed by atoms with van der Waals surface area (Å²) in [5, 5.41) is 3.19. The Morgan fingerprint density at radius 2 is 1.58 bits per heavy atom. The maximum absolute atomic E-state index is 13.5. The first-order chi connectivity index (χ1) is 15.0. The lowest BCUT2D eigenvalue weighted by molar-refractivity contribution is -0.137. The van der Waals surface area contributed by atoms with E-state index in [1.807, 2.05) is 86.6 Å². The van der Waals surface area contributed by atoms with Crippen molar-refractivity contribution in [3.63, 3.8) is 0 Å². The van der Waals surface area contributed by atoms with Gasteiger partial charge in [0.1, 0.15) is 11.4 Å². The third-order valence-electron chi connectivity index (χ3n) is 5.37. The summed E-state index contributed by atoms with van der Waals surface area (Å²) in [7, 11) is 1.57. The Labute approximate surface area is 182 Å². The lowest BCUT2D eigenvalue weighted by Gasteiger charge is -2.16. The van der Waals surface area contributed by atoms with Gasteiger partial charge in [0, 0.05) is 0 Å². The van der Waals surface area contributed by atoms with Gasteiger partial charge >= 0.3 is 0 Å². The smallest absolute Gasteiger partial charge is 0.278 e. The summed E-state index contributed by atoms with van der Waals surface area (Å²) in [5.74, 6) is -0.0651. The summed E-state index contributed by atoms with van der Waals surface area (Å²) in [6.45, 7) is 4.17. The average molecular weight is 412 g/mol. The highest BCUT2D eigenvalue weighted by Gasteiger charge is 2.39. The zero-order valence-corrected chi connectivity index (χ0v) is 17.8. The van der Waals surface area contributed by atoms with Gasteiger partial charge in [0.25, 0.3) is 11.8 Å². The Balaban J connectivity index is 1.80. The molecular weight excluding hydrogens is 388 g/mol. The minimum atomic E-state index is -0.352. The summed E-state index contributed by atoms with van der Waals surface area (Å²) >= 11 is 0. The number of carbonyl (C=O) groups excluding carboxylic acids is 2. The monoisotopic (exact) mass is 412 g/mol. The van der Waals surface area contributed by atoms with Gasteiger partial charge in [-0.2, -0.15) is 0 Å². The zero-order valence-electron chi connectivity index (χ0n) is 17.8. The molecule has 0 fully saturated rings. The second-order valence-corrected chi connectivity index (χ2v) is 7.58. The maximum Gasteiger partial charge on any atom is 0.278 e. The number of ether oxygens (including phenoxy) is 1. The van der Waals surface area contributed by atoms with Crippen LogP contribution in [0.4, 0.5) is 5.69 Å². The van der Waals surface area contributed by atoms with Crippen LogP contribution in [0.15, 0.2) is 78.5 Å². The Morgan fingerprint density at radius 3 is 2.29 bits per heavy atom. The van der Waals surface area contributed by atoms with Crippen LogP contribution in [0.5, 0.6) is 5.75 Å². The molecule has 0 spiro atoms. The molecule has 1 heterocycles. The number of anilines is 1. The van der Waals surface area contributed by atoms with Crippen LogP contribution < -0.4 is 10.1 Å². The van der Waals surface area contributed by atoms with Crippen LogP contribution in [0.1, 0.15) is 22.3 Å². The lowest BCUT2D eigenvalue weighted by atomic mass is 9.97. The van der Waals surface area contributed by atoms with Gasteiger partial charge in [-0.25, -0.2) is 0 Å².